The monoisotopic (exact) mass is 398 g/mol. The molecule has 0 fully saturated rings. The molecule has 0 N–H and O–H groups in total. The van der Waals surface area contributed by atoms with E-state index in [9.17, 15) is 0 Å². The SMILES string of the molecule is Cc1ccc(-c2oc3ccccc3c3c(-c4ccc(C)cc4)c4ccccc4c2-3)cc1. The van der Waals surface area contributed by atoms with Gasteiger partial charge in [0.15, 0.2) is 0 Å². The van der Waals surface area contributed by atoms with Crippen molar-refractivity contribution in [2.45, 2.75) is 13.8 Å². The maximum Gasteiger partial charge on any atom is 0.143 e. The molecule has 1 aliphatic carbocycles. The molecule has 0 saturated carbocycles. The summed E-state index contributed by atoms with van der Waals surface area (Å²) < 4.78 is 6.58. The minimum atomic E-state index is 0.911. The van der Waals surface area contributed by atoms with Crippen LogP contribution in [-0.4, -0.2) is 0 Å². The van der Waals surface area contributed by atoms with E-state index < -0.39 is 0 Å². The Morgan fingerprint density at radius 2 is 0.968 bits per heavy atom. The lowest BCUT2D eigenvalue weighted by Crippen LogP contribution is -1.89. The third-order valence-electron chi connectivity index (χ3n) is 6.22. The normalized spacial score (nSPS) is 11.5. The third-order valence-corrected chi connectivity index (χ3v) is 6.22. The predicted molar refractivity (Wildman–Crippen MR) is 131 cm³/mol. The standard InChI is InChI=1S/C30H22O/c1-19-11-15-21(16-12-19)27-23-7-3-4-8-24(23)29-28(27)25-9-5-6-10-26(25)31-30(29)22-17-13-20(2)14-18-22/h3-18H,1-2H3. The zero-order chi connectivity index (χ0) is 20.9. The number of benzene rings is 4. The van der Waals surface area contributed by atoms with Crippen molar-refractivity contribution in [3.63, 3.8) is 0 Å². The van der Waals surface area contributed by atoms with Gasteiger partial charge in [0.1, 0.15) is 11.3 Å². The Bertz CT molecular complexity index is 1520. The van der Waals surface area contributed by atoms with Crippen LogP contribution in [0.3, 0.4) is 0 Å². The van der Waals surface area contributed by atoms with Crippen LogP contribution in [0.1, 0.15) is 11.1 Å². The lowest BCUT2D eigenvalue weighted by atomic mass is 9.93. The van der Waals surface area contributed by atoms with Gasteiger partial charge in [0.05, 0.1) is 0 Å². The molecule has 0 atom stereocenters. The summed E-state index contributed by atoms with van der Waals surface area (Å²) in [6, 6.07) is 34.6. The molecular formula is C30H22O. The predicted octanol–water partition coefficient (Wildman–Crippen LogP) is 8.64. The summed E-state index contributed by atoms with van der Waals surface area (Å²) in [6.07, 6.45) is 0. The van der Waals surface area contributed by atoms with Crippen LogP contribution in [-0.2, 0) is 0 Å². The topological polar surface area (TPSA) is 13.1 Å². The second-order valence-electron chi connectivity index (χ2n) is 8.33. The number of hydrogen-bond acceptors (Lipinski definition) is 1. The number of fused-ring (bicyclic) bond motifs is 5. The first kappa shape index (κ1) is 18.0. The van der Waals surface area contributed by atoms with Gasteiger partial charge in [0.25, 0.3) is 0 Å². The van der Waals surface area contributed by atoms with Crippen LogP contribution in [0.4, 0.5) is 0 Å². The molecular weight excluding hydrogens is 376 g/mol. The largest absolute Gasteiger partial charge is 0.455 e. The number of aryl methyl sites for hydroxylation is 2. The first-order chi connectivity index (χ1) is 15.2. The molecule has 31 heavy (non-hydrogen) atoms. The van der Waals surface area contributed by atoms with Gasteiger partial charge in [-0.05, 0) is 41.8 Å². The number of para-hydroxylation sites is 1. The van der Waals surface area contributed by atoms with Crippen LogP contribution in [0.2, 0.25) is 0 Å². The summed E-state index contributed by atoms with van der Waals surface area (Å²) >= 11 is 0. The van der Waals surface area contributed by atoms with E-state index in [0.29, 0.717) is 0 Å². The maximum absolute atomic E-state index is 6.58. The van der Waals surface area contributed by atoms with Crippen LogP contribution in [0, 0.1) is 13.8 Å². The molecule has 0 unspecified atom stereocenters. The van der Waals surface area contributed by atoms with Crippen LogP contribution in [0.15, 0.2) is 101 Å². The quantitative estimate of drug-likeness (QED) is 0.284. The fourth-order valence-corrected chi connectivity index (χ4v) is 4.67. The Labute approximate surface area is 181 Å². The van der Waals surface area contributed by atoms with Gasteiger partial charge in [-0.3, -0.25) is 0 Å². The van der Waals surface area contributed by atoms with Gasteiger partial charge in [-0.15, -0.1) is 0 Å². The van der Waals surface area contributed by atoms with Crippen LogP contribution >= 0.6 is 0 Å². The molecule has 0 bridgehead atoms. The van der Waals surface area contributed by atoms with Crippen LogP contribution in [0.25, 0.3) is 55.3 Å². The minimum Gasteiger partial charge on any atom is -0.455 e. The van der Waals surface area contributed by atoms with Crippen LogP contribution in [0.5, 0.6) is 0 Å². The Balaban J connectivity index is 1.82. The average molecular weight is 399 g/mol. The van der Waals surface area contributed by atoms with Crippen molar-refractivity contribution in [2.75, 3.05) is 0 Å². The first-order valence-electron chi connectivity index (χ1n) is 10.7. The molecule has 1 heteroatoms. The van der Waals surface area contributed by atoms with Gasteiger partial charge in [0, 0.05) is 22.1 Å². The maximum atomic E-state index is 6.58. The van der Waals surface area contributed by atoms with E-state index in [0.717, 1.165) is 22.3 Å². The van der Waals surface area contributed by atoms with E-state index in [1.165, 1.54) is 44.2 Å². The van der Waals surface area contributed by atoms with Crippen molar-refractivity contribution in [1.82, 2.24) is 0 Å². The molecule has 0 amide bonds. The van der Waals surface area contributed by atoms with E-state index in [1.54, 1.807) is 0 Å². The van der Waals surface area contributed by atoms with Crippen molar-refractivity contribution in [3.8, 4) is 33.6 Å². The molecule has 1 aliphatic heterocycles. The summed E-state index contributed by atoms with van der Waals surface area (Å²) in [6.45, 7) is 4.25. The average Bonchev–Trinajstić information content (AvgIpc) is 3.15. The third kappa shape index (κ3) is 2.78. The molecule has 0 spiro atoms. The van der Waals surface area contributed by atoms with Crippen LogP contribution < -0.4 is 0 Å². The summed E-state index contributed by atoms with van der Waals surface area (Å²) in [5.74, 6) is 0.934. The van der Waals surface area contributed by atoms with Crippen molar-refractivity contribution < 1.29 is 4.42 Å². The van der Waals surface area contributed by atoms with E-state index in [4.69, 9.17) is 4.42 Å². The lowest BCUT2D eigenvalue weighted by Gasteiger charge is -2.14. The fourth-order valence-electron chi connectivity index (χ4n) is 4.67. The Morgan fingerprint density at radius 3 is 1.61 bits per heavy atom. The summed E-state index contributed by atoms with van der Waals surface area (Å²) in [4.78, 5) is 0. The summed E-state index contributed by atoms with van der Waals surface area (Å²) in [5.41, 5.74) is 9.50. The minimum absolute atomic E-state index is 0.911. The van der Waals surface area contributed by atoms with Crippen molar-refractivity contribution in [2.24, 2.45) is 0 Å². The van der Waals surface area contributed by atoms with Crippen molar-refractivity contribution >= 4 is 21.7 Å². The molecule has 0 saturated heterocycles. The van der Waals surface area contributed by atoms with Crippen molar-refractivity contribution in [1.29, 1.82) is 0 Å². The van der Waals surface area contributed by atoms with Gasteiger partial charge < -0.3 is 4.42 Å². The summed E-state index contributed by atoms with van der Waals surface area (Å²) in [5, 5.41) is 3.65. The lowest BCUT2D eigenvalue weighted by molar-refractivity contribution is 0.622. The van der Waals surface area contributed by atoms with Gasteiger partial charge in [-0.2, -0.15) is 0 Å². The van der Waals surface area contributed by atoms with Crippen molar-refractivity contribution in [3.05, 3.63) is 108 Å². The zero-order valence-corrected chi connectivity index (χ0v) is 17.6. The second-order valence-corrected chi connectivity index (χ2v) is 8.33. The highest BCUT2D eigenvalue weighted by Gasteiger charge is 2.26. The van der Waals surface area contributed by atoms with E-state index in [1.807, 2.05) is 6.07 Å². The van der Waals surface area contributed by atoms with E-state index >= 15 is 0 Å². The summed E-state index contributed by atoms with van der Waals surface area (Å²) in [7, 11) is 0. The molecule has 4 aromatic rings. The fraction of sp³-hybridized carbons (Fsp3) is 0.0667. The van der Waals surface area contributed by atoms with Gasteiger partial charge in [-0.1, -0.05) is 102 Å². The zero-order valence-electron chi connectivity index (χ0n) is 17.6. The molecule has 4 aromatic carbocycles. The van der Waals surface area contributed by atoms with Gasteiger partial charge in [0.2, 0.25) is 0 Å². The molecule has 0 aromatic heterocycles. The Morgan fingerprint density at radius 1 is 0.452 bits per heavy atom. The smallest absolute Gasteiger partial charge is 0.143 e. The highest BCUT2D eigenvalue weighted by atomic mass is 16.3. The highest BCUT2D eigenvalue weighted by molar-refractivity contribution is 6.23. The molecule has 148 valence electrons. The van der Waals surface area contributed by atoms with E-state index in [-0.39, 0.29) is 0 Å². The Kier molecular flexibility index (Phi) is 3.97. The number of rotatable bonds is 2. The molecule has 1 heterocycles. The first-order valence-corrected chi connectivity index (χ1v) is 10.7. The van der Waals surface area contributed by atoms with Gasteiger partial charge >= 0.3 is 0 Å². The molecule has 2 aliphatic rings. The highest BCUT2D eigenvalue weighted by Crippen LogP contribution is 2.52. The van der Waals surface area contributed by atoms with E-state index in [2.05, 4.69) is 105 Å². The second kappa shape index (κ2) is 6.85. The molecule has 1 nitrogen and oxygen atoms in total. The number of hydrogen-bond donors (Lipinski definition) is 0. The molecule has 6 rings (SSSR count). The Hall–Kier alpha value is -3.84. The van der Waals surface area contributed by atoms with Gasteiger partial charge in [-0.25, -0.2) is 0 Å². The molecule has 0 radical (unpaired) electrons.